The van der Waals surface area contributed by atoms with Crippen LogP contribution in [0.2, 0.25) is 0 Å². The molecule has 3 N–H and O–H groups in total. The Labute approximate surface area is 112 Å². The number of benzene rings is 1. The van der Waals surface area contributed by atoms with Gasteiger partial charge in [0, 0.05) is 0 Å². The first-order valence-electron chi connectivity index (χ1n) is 5.70. The number of nitrogens with two attached hydrogens (primary N) is 1. The number of nitrogen functional groups attached to an aromatic ring is 1. The lowest BCUT2D eigenvalue weighted by Gasteiger charge is -2.10. The summed E-state index contributed by atoms with van der Waals surface area (Å²) in [6.07, 6.45) is 1.42. The first-order valence-corrected chi connectivity index (χ1v) is 7.18. The van der Waals surface area contributed by atoms with E-state index < -0.39 is 10.0 Å². The molecule has 100 valence electrons. The molecule has 0 aliphatic rings. The molecule has 0 radical (unpaired) electrons. The highest BCUT2D eigenvalue weighted by atomic mass is 32.2. The maximum absolute atomic E-state index is 12.2. The highest BCUT2D eigenvalue weighted by Gasteiger charge is 2.15. The molecule has 19 heavy (non-hydrogen) atoms. The van der Waals surface area contributed by atoms with E-state index in [9.17, 15) is 8.42 Å². The SMILES string of the molecule is Cc1ccc(S(=O)(=O)Nc2ncc(N)cc2C)cc1. The van der Waals surface area contributed by atoms with Gasteiger partial charge in [0.1, 0.15) is 5.82 Å². The van der Waals surface area contributed by atoms with Crippen LogP contribution in [0.1, 0.15) is 11.1 Å². The number of sulfonamides is 1. The van der Waals surface area contributed by atoms with Gasteiger partial charge in [0.25, 0.3) is 10.0 Å². The Balaban J connectivity index is 2.33. The second-order valence-corrected chi connectivity index (χ2v) is 6.04. The molecule has 2 rings (SSSR count). The number of nitrogens with zero attached hydrogens (tertiary/aromatic N) is 1. The molecule has 0 bridgehead atoms. The van der Waals surface area contributed by atoms with Gasteiger partial charge in [-0.2, -0.15) is 0 Å². The Morgan fingerprint density at radius 2 is 1.79 bits per heavy atom. The topological polar surface area (TPSA) is 85.1 Å². The smallest absolute Gasteiger partial charge is 0.263 e. The van der Waals surface area contributed by atoms with Crippen molar-refractivity contribution in [1.82, 2.24) is 4.98 Å². The number of rotatable bonds is 3. The third kappa shape index (κ3) is 3.03. The quantitative estimate of drug-likeness (QED) is 0.899. The number of aromatic nitrogens is 1. The lowest BCUT2D eigenvalue weighted by molar-refractivity contribution is 0.601. The van der Waals surface area contributed by atoms with E-state index >= 15 is 0 Å². The number of nitrogens with one attached hydrogen (secondary N) is 1. The third-order valence-electron chi connectivity index (χ3n) is 2.66. The van der Waals surface area contributed by atoms with Crippen molar-refractivity contribution in [2.24, 2.45) is 0 Å². The third-order valence-corrected chi connectivity index (χ3v) is 4.02. The van der Waals surface area contributed by atoms with Gasteiger partial charge in [0.15, 0.2) is 0 Å². The van der Waals surface area contributed by atoms with Crippen LogP contribution >= 0.6 is 0 Å². The van der Waals surface area contributed by atoms with Crippen LogP contribution in [-0.2, 0) is 10.0 Å². The Hall–Kier alpha value is -2.08. The molecule has 0 spiro atoms. The Bertz CT molecular complexity index is 694. The van der Waals surface area contributed by atoms with Crippen molar-refractivity contribution in [3.63, 3.8) is 0 Å². The number of anilines is 2. The van der Waals surface area contributed by atoms with Gasteiger partial charge >= 0.3 is 0 Å². The molecular weight excluding hydrogens is 262 g/mol. The van der Waals surface area contributed by atoms with Gasteiger partial charge in [-0.15, -0.1) is 0 Å². The summed E-state index contributed by atoms with van der Waals surface area (Å²) in [7, 11) is -3.62. The zero-order valence-corrected chi connectivity index (χ0v) is 11.5. The molecule has 5 nitrogen and oxygen atoms in total. The fraction of sp³-hybridized carbons (Fsp3) is 0.154. The zero-order chi connectivity index (χ0) is 14.0. The van der Waals surface area contributed by atoms with Gasteiger partial charge in [-0.1, -0.05) is 17.7 Å². The standard InChI is InChI=1S/C13H15N3O2S/c1-9-3-5-12(6-4-9)19(17,18)16-13-10(2)7-11(14)8-15-13/h3-8H,14H2,1-2H3,(H,15,16). The van der Waals surface area contributed by atoms with Crippen LogP contribution < -0.4 is 10.5 Å². The van der Waals surface area contributed by atoms with E-state index in [1.54, 1.807) is 37.3 Å². The summed E-state index contributed by atoms with van der Waals surface area (Å²) in [6.45, 7) is 3.64. The average molecular weight is 277 g/mol. The largest absolute Gasteiger partial charge is 0.397 e. The number of pyridine rings is 1. The van der Waals surface area contributed by atoms with Gasteiger partial charge in [-0.05, 0) is 37.6 Å². The van der Waals surface area contributed by atoms with Gasteiger partial charge in [0.2, 0.25) is 0 Å². The summed E-state index contributed by atoms with van der Waals surface area (Å²) >= 11 is 0. The average Bonchev–Trinajstić information content (AvgIpc) is 2.33. The fourth-order valence-corrected chi connectivity index (χ4v) is 2.69. The van der Waals surface area contributed by atoms with Gasteiger partial charge in [-0.25, -0.2) is 13.4 Å². The molecule has 0 fully saturated rings. The molecule has 1 aromatic carbocycles. The Morgan fingerprint density at radius 3 is 2.37 bits per heavy atom. The zero-order valence-electron chi connectivity index (χ0n) is 10.7. The van der Waals surface area contributed by atoms with Crippen molar-refractivity contribution < 1.29 is 8.42 Å². The Kier molecular flexibility index (Phi) is 3.44. The van der Waals surface area contributed by atoms with Crippen molar-refractivity contribution in [2.45, 2.75) is 18.7 Å². The van der Waals surface area contributed by atoms with Crippen molar-refractivity contribution in [2.75, 3.05) is 10.5 Å². The molecule has 0 aliphatic heterocycles. The van der Waals surface area contributed by atoms with Crippen molar-refractivity contribution in [3.8, 4) is 0 Å². The number of hydrogen-bond donors (Lipinski definition) is 2. The van der Waals surface area contributed by atoms with Crippen molar-refractivity contribution >= 4 is 21.5 Å². The number of hydrogen-bond acceptors (Lipinski definition) is 4. The van der Waals surface area contributed by atoms with Gasteiger partial charge in [0.05, 0.1) is 16.8 Å². The first kappa shape index (κ1) is 13.4. The molecule has 2 aromatic rings. The summed E-state index contributed by atoms with van der Waals surface area (Å²) in [5, 5.41) is 0. The molecule has 0 aliphatic carbocycles. The summed E-state index contributed by atoms with van der Waals surface area (Å²) in [4.78, 5) is 4.20. The van der Waals surface area contributed by atoms with Gasteiger partial charge < -0.3 is 5.73 Å². The lowest BCUT2D eigenvalue weighted by Crippen LogP contribution is -2.15. The van der Waals surface area contributed by atoms with Crippen LogP contribution in [0.3, 0.4) is 0 Å². The maximum Gasteiger partial charge on any atom is 0.263 e. The fourth-order valence-electron chi connectivity index (χ4n) is 1.61. The molecule has 0 saturated carbocycles. The summed E-state index contributed by atoms with van der Waals surface area (Å²) in [5.41, 5.74) is 7.75. The number of aryl methyl sites for hydroxylation is 2. The van der Waals surface area contributed by atoms with Crippen molar-refractivity contribution in [1.29, 1.82) is 0 Å². The van der Waals surface area contributed by atoms with Crippen LogP contribution in [0.4, 0.5) is 11.5 Å². The van der Waals surface area contributed by atoms with E-state index in [1.807, 2.05) is 6.92 Å². The first-order chi connectivity index (χ1) is 8.88. The van der Waals surface area contributed by atoms with E-state index in [2.05, 4.69) is 9.71 Å². The molecule has 1 aromatic heterocycles. The van der Waals surface area contributed by atoms with E-state index in [4.69, 9.17) is 5.73 Å². The predicted molar refractivity (Wildman–Crippen MR) is 75.4 cm³/mol. The minimum Gasteiger partial charge on any atom is -0.397 e. The normalized spacial score (nSPS) is 11.3. The lowest BCUT2D eigenvalue weighted by atomic mass is 10.2. The van der Waals surface area contributed by atoms with Crippen LogP contribution in [-0.4, -0.2) is 13.4 Å². The Morgan fingerprint density at radius 1 is 1.16 bits per heavy atom. The van der Waals surface area contributed by atoms with Crippen molar-refractivity contribution in [3.05, 3.63) is 47.7 Å². The maximum atomic E-state index is 12.2. The minimum atomic E-state index is -3.62. The monoisotopic (exact) mass is 277 g/mol. The second-order valence-electron chi connectivity index (χ2n) is 4.35. The minimum absolute atomic E-state index is 0.205. The second kappa shape index (κ2) is 4.89. The molecule has 0 saturated heterocycles. The summed E-state index contributed by atoms with van der Waals surface area (Å²) in [5.74, 6) is 0.287. The van der Waals surface area contributed by atoms with Crippen LogP contribution in [0.25, 0.3) is 0 Å². The molecule has 0 unspecified atom stereocenters. The molecule has 0 atom stereocenters. The van der Waals surface area contributed by atoms with E-state index in [-0.39, 0.29) is 10.7 Å². The van der Waals surface area contributed by atoms with Crippen LogP contribution in [0.5, 0.6) is 0 Å². The highest BCUT2D eigenvalue weighted by molar-refractivity contribution is 7.92. The molecule has 0 amide bonds. The predicted octanol–water partition coefficient (Wildman–Crippen LogP) is 2.08. The van der Waals surface area contributed by atoms with Gasteiger partial charge in [-0.3, -0.25) is 4.72 Å². The summed E-state index contributed by atoms with van der Waals surface area (Å²) in [6, 6.07) is 8.28. The molecular formula is C13H15N3O2S. The molecule has 1 heterocycles. The van der Waals surface area contributed by atoms with E-state index in [0.717, 1.165) is 5.56 Å². The van der Waals surface area contributed by atoms with Crippen LogP contribution in [0, 0.1) is 13.8 Å². The summed E-state index contributed by atoms with van der Waals surface area (Å²) < 4.78 is 26.8. The molecule has 6 heteroatoms. The van der Waals surface area contributed by atoms with E-state index in [0.29, 0.717) is 11.3 Å². The van der Waals surface area contributed by atoms with E-state index in [1.165, 1.54) is 6.20 Å². The van der Waals surface area contributed by atoms with Crippen LogP contribution in [0.15, 0.2) is 41.4 Å². The highest BCUT2D eigenvalue weighted by Crippen LogP contribution is 2.19.